The van der Waals surface area contributed by atoms with Gasteiger partial charge in [0.2, 0.25) is 0 Å². The second-order valence-corrected chi connectivity index (χ2v) is 5.80. The van der Waals surface area contributed by atoms with Crippen LogP contribution < -0.4 is 0 Å². The molecule has 0 fully saturated rings. The first-order chi connectivity index (χ1) is 8.91. The Bertz CT molecular complexity index is 130. The topological polar surface area (TPSA) is 0 Å². The molecule has 0 aromatic carbocycles. The Morgan fingerprint density at radius 2 is 0.682 bits per heavy atom. The van der Waals surface area contributed by atoms with Crippen LogP contribution in [0.15, 0.2) is 0 Å². The van der Waals surface area contributed by atoms with Crippen molar-refractivity contribution in [1.82, 2.24) is 0 Å². The minimum Gasteiger partial charge on any atom is -0.343 e. The number of hydrogen-bond donors (Lipinski definition) is 0. The van der Waals surface area contributed by atoms with Gasteiger partial charge in [-0.3, -0.25) is 0 Å². The van der Waals surface area contributed by atoms with E-state index in [0.717, 1.165) is 6.42 Å². The molecule has 0 bridgehead atoms. The molecule has 0 saturated carbocycles. The molecule has 0 spiro atoms. The fraction of sp³-hybridized carbons (Fsp3) is 0.944. The Kier molecular flexibility index (Phi) is 53.9. The van der Waals surface area contributed by atoms with Crippen LogP contribution in [-0.2, 0) is 21.7 Å². The Balaban J connectivity index is -0.000000241. The number of hydrogen-bond acceptors (Lipinski definition) is 0. The molecule has 0 radical (unpaired) electrons. The van der Waals surface area contributed by atoms with Gasteiger partial charge in [-0.2, -0.15) is 6.42 Å². The maximum Gasteiger partial charge on any atom is 0 e. The van der Waals surface area contributed by atoms with E-state index >= 15 is 0 Å². The predicted molar refractivity (Wildman–Crippen MR) is 107 cm³/mol. The monoisotopic (exact) mass is 409 g/mol. The van der Waals surface area contributed by atoms with E-state index in [1.54, 1.807) is 0 Å². The van der Waals surface area contributed by atoms with Crippen LogP contribution in [0.4, 0.5) is 0 Å². The predicted octanol–water partition coefficient (Wildman–Crippen LogP) is 8.34. The van der Waals surface area contributed by atoms with E-state index in [-0.39, 0.29) is 58.9 Å². The molecule has 0 rings (SSSR count). The van der Waals surface area contributed by atoms with E-state index < -0.39 is 0 Å². The molecule has 4 heteroatoms. The van der Waals surface area contributed by atoms with Gasteiger partial charge in [0.25, 0.3) is 0 Å². The molecule has 0 heterocycles. The summed E-state index contributed by atoms with van der Waals surface area (Å²) >= 11 is 0. The summed E-state index contributed by atoms with van der Waals surface area (Å²) in [6.45, 7) is 6.18. The summed E-state index contributed by atoms with van der Waals surface area (Å²) in [6, 6.07) is 0. The van der Waals surface area contributed by atoms with Crippen LogP contribution in [0.2, 0.25) is 0 Å². The molecular weight excluding hydrogens is 370 g/mol. The van der Waals surface area contributed by atoms with Gasteiger partial charge in [0.1, 0.15) is 0 Å². The summed E-state index contributed by atoms with van der Waals surface area (Å²) in [5, 5.41) is 0. The molecule has 0 atom stereocenters. The van der Waals surface area contributed by atoms with Gasteiger partial charge in [-0.15, -0.1) is 37.2 Å². The second-order valence-electron chi connectivity index (χ2n) is 5.80. The van der Waals surface area contributed by atoms with Crippen LogP contribution in [0.3, 0.4) is 0 Å². The molecule has 0 N–H and O–H groups in total. The van der Waals surface area contributed by atoms with Crippen LogP contribution >= 0.6 is 37.2 Å². The Labute approximate surface area is 174 Å². The Morgan fingerprint density at radius 3 is 0.909 bits per heavy atom. The van der Waals surface area contributed by atoms with Crippen LogP contribution in [0.1, 0.15) is 110 Å². The molecule has 0 amide bonds. The number of unbranched alkanes of at least 4 members (excludes halogenated alkanes) is 15. The largest absolute Gasteiger partial charge is 0.343 e. The minimum atomic E-state index is 0. The summed E-state index contributed by atoms with van der Waals surface area (Å²) in [7, 11) is 0. The summed E-state index contributed by atoms with van der Waals surface area (Å²) in [4.78, 5) is 0. The molecule has 0 aliphatic rings. The van der Waals surface area contributed by atoms with Crippen LogP contribution in [0, 0.1) is 6.92 Å². The molecule has 0 aromatic heterocycles. The zero-order valence-electron chi connectivity index (χ0n) is 14.7. The average Bonchev–Trinajstić information content (AvgIpc) is 2.39. The first-order valence-corrected chi connectivity index (χ1v) is 8.71. The third-order valence-corrected chi connectivity index (χ3v) is 3.85. The van der Waals surface area contributed by atoms with Crippen molar-refractivity contribution in [3.05, 3.63) is 6.92 Å². The summed E-state index contributed by atoms with van der Waals surface area (Å²) < 4.78 is 0. The first-order valence-electron chi connectivity index (χ1n) is 8.71. The van der Waals surface area contributed by atoms with E-state index in [9.17, 15) is 0 Å². The molecule has 138 valence electrons. The fourth-order valence-electron chi connectivity index (χ4n) is 2.55. The van der Waals surface area contributed by atoms with Gasteiger partial charge in [-0.05, 0) is 0 Å². The van der Waals surface area contributed by atoms with Crippen molar-refractivity contribution in [2.75, 3.05) is 0 Å². The van der Waals surface area contributed by atoms with Crippen LogP contribution in [0.25, 0.3) is 0 Å². The van der Waals surface area contributed by atoms with E-state index in [0.29, 0.717) is 0 Å². The zero-order chi connectivity index (χ0) is 13.3. The standard InChI is InChI=1S/C18H37.3ClH.Ti/c1-3-5-7-9-11-13-15-17-18-16-14-12-10-8-6-4-2;;;;/h1,3-18H2,2H3;3*1H;/q-1;;;;. The number of rotatable bonds is 15. The van der Waals surface area contributed by atoms with E-state index in [1.165, 1.54) is 96.3 Å². The summed E-state index contributed by atoms with van der Waals surface area (Å²) in [6.07, 6.45) is 22.8. The van der Waals surface area contributed by atoms with Gasteiger partial charge < -0.3 is 6.92 Å². The quantitative estimate of drug-likeness (QED) is 0.144. The Hall–Kier alpha value is 1.58. The molecule has 0 unspecified atom stereocenters. The van der Waals surface area contributed by atoms with E-state index in [2.05, 4.69) is 13.8 Å². The third kappa shape index (κ3) is 33.3. The summed E-state index contributed by atoms with van der Waals surface area (Å²) in [5.74, 6) is 0. The molecule has 0 aliphatic heterocycles. The average molecular weight is 411 g/mol. The molecular formula is C18H40Cl3Ti-. The minimum absolute atomic E-state index is 0. The van der Waals surface area contributed by atoms with Crippen molar-refractivity contribution >= 4 is 37.2 Å². The summed E-state index contributed by atoms with van der Waals surface area (Å²) in [5.41, 5.74) is 0. The van der Waals surface area contributed by atoms with Gasteiger partial charge in [0.05, 0.1) is 0 Å². The fourth-order valence-corrected chi connectivity index (χ4v) is 2.55. The van der Waals surface area contributed by atoms with Gasteiger partial charge in [-0.25, -0.2) is 0 Å². The Morgan fingerprint density at radius 1 is 0.455 bits per heavy atom. The van der Waals surface area contributed by atoms with Crippen molar-refractivity contribution in [2.45, 2.75) is 110 Å². The van der Waals surface area contributed by atoms with Crippen molar-refractivity contribution in [3.63, 3.8) is 0 Å². The van der Waals surface area contributed by atoms with Gasteiger partial charge in [-0.1, -0.05) is 103 Å². The second kappa shape index (κ2) is 34.0. The van der Waals surface area contributed by atoms with E-state index in [4.69, 9.17) is 0 Å². The van der Waals surface area contributed by atoms with Crippen molar-refractivity contribution in [3.8, 4) is 0 Å². The van der Waals surface area contributed by atoms with Crippen molar-refractivity contribution < 1.29 is 21.7 Å². The maximum atomic E-state index is 3.88. The van der Waals surface area contributed by atoms with Crippen molar-refractivity contribution in [2.24, 2.45) is 0 Å². The molecule has 0 aromatic rings. The van der Waals surface area contributed by atoms with Gasteiger partial charge in [0, 0.05) is 21.7 Å². The molecule has 0 saturated heterocycles. The molecule has 0 aliphatic carbocycles. The van der Waals surface area contributed by atoms with Crippen molar-refractivity contribution in [1.29, 1.82) is 0 Å². The van der Waals surface area contributed by atoms with E-state index in [1.807, 2.05) is 0 Å². The third-order valence-electron chi connectivity index (χ3n) is 3.85. The SMILES string of the molecule is Cl.Cl.Cl.[CH2-]CCCCCCCCCCCCCCCCC.[Ti]. The zero-order valence-corrected chi connectivity index (χ0v) is 18.8. The van der Waals surface area contributed by atoms with Gasteiger partial charge in [0.15, 0.2) is 0 Å². The first kappa shape index (κ1) is 34.8. The molecule has 22 heavy (non-hydrogen) atoms. The smallest absolute Gasteiger partial charge is 0 e. The maximum absolute atomic E-state index is 3.88. The molecule has 0 nitrogen and oxygen atoms in total. The van der Waals surface area contributed by atoms with Crippen LogP contribution in [0.5, 0.6) is 0 Å². The van der Waals surface area contributed by atoms with Gasteiger partial charge >= 0.3 is 0 Å². The van der Waals surface area contributed by atoms with Crippen LogP contribution in [-0.4, -0.2) is 0 Å². The number of halogens is 3. The normalized spacial score (nSPS) is 9.00.